The Bertz CT molecular complexity index is 614. The molecule has 0 unspecified atom stereocenters. The summed E-state index contributed by atoms with van der Waals surface area (Å²) in [6.45, 7) is 0.243. The van der Waals surface area contributed by atoms with Crippen molar-refractivity contribution in [2.45, 2.75) is 5.88 Å². The van der Waals surface area contributed by atoms with Crippen molar-refractivity contribution >= 4 is 23.2 Å². The lowest BCUT2D eigenvalue weighted by Gasteiger charge is -2.10. The summed E-state index contributed by atoms with van der Waals surface area (Å²) in [5.74, 6) is 3.08. The molecule has 0 fully saturated rings. The number of hydrogen-bond donors (Lipinski definition) is 0. The second-order valence-corrected chi connectivity index (χ2v) is 4.71. The van der Waals surface area contributed by atoms with Gasteiger partial charge < -0.3 is 14.2 Å². The maximum Gasteiger partial charge on any atom is 0.231 e. The van der Waals surface area contributed by atoms with E-state index in [9.17, 15) is 0 Å². The van der Waals surface area contributed by atoms with E-state index in [1.165, 1.54) is 0 Å². The van der Waals surface area contributed by atoms with Crippen molar-refractivity contribution in [2.75, 3.05) is 6.79 Å². The molecule has 0 radical (unpaired) electrons. The molecule has 1 aliphatic rings. The van der Waals surface area contributed by atoms with E-state index in [1.807, 2.05) is 12.1 Å². The highest BCUT2D eigenvalue weighted by molar-refractivity contribution is 6.30. The molecule has 0 aliphatic carbocycles. The molecule has 2 aromatic rings. The lowest BCUT2D eigenvalue weighted by molar-refractivity contribution is 0.174. The van der Waals surface area contributed by atoms with E-state index >= 15 is 0 Å². The molecule has 3 rings (SSSR count). The highest BCUT2D eigenvalue weighted by atomic mass is 35.5. The van der Waals surface area contributed by atoms with Crippen LogP contribution >= 0.6 is 23.2 Å². The van der Waals surface area contributed by atoms with E-state index in [4.69, 9.17) is 37.4 Å². The molecule has 2 aromatic carbocycles. The minimum absolute atomic E-state index is 0.243. The largest absolute Gasteiger partial charge is 0.457 e. The summed E-state index contributed by atoms with van der Waals surface area (Å²) in [7, 11) is 0. The van der Waals surface area contributed by atoms with Crippen molar-refractivity contribution in [3.05, 3.63) is 47.0 Å². The second kappa shape index (κ2) is 5.19. The SMILES string of the molecule is ClCc1cc(Cl)ccc1Oc1ccc2c(c1)OCO2. The Labute approximate surface area is 120 Å². The van der Waals surface area contributed by atoms with Crippen molar-refractivity contribution in [3.63, 3.8) is 0 Å². The first-order valence-corrected chi connectivity index (χ1v) is 6.59. The molecular weight excluding hydrogens is 287 g/mol. The molecule has 98 valence electrons. The fourth-order valence-corrected chi connectivity index (χ4v) is 2.22. The summed E-state index contributed by atoms with van der Waals surface area (Å²) in [6.07, 6.45) is 0. The second-order valence-electron chi connectivity index (χ2n) is 4.00. The Morgan fingerprint density at radius 3 is 2.74 bits per heavy atom. The molecular formula is C14H10Cl2O3. The maximum absolute atomic E-state index is 5.92. The molecule has 0 N–H and O–H groups in total. The van der Waals surface area contributed by atoms with Crippen LogP contribution in [-0.4, -0.2) is 6.79 Å². The Morgan fingerprint density at radius 1 is 1.05 bits per heavy atom. The standard InChI is InChI=1S/C14H10Cl2O3/c15-7-9-5-10(16)1-3-12(9)19-11-2-4-13-14(6-11)18-8-17-13/h1-6H,7-8H2. The fraction of sp³-hybridized carbons (Fsp3) is 0.143. The molecule has 3 nitrogen and oxygen atoms in total. The number of fused-ring (bicyclic) bond motifs is 1. The van der Waals surface area contributed by atoms with Crippen LogP contribution in [0.4, 0.5) is 0 Å². The Morgan fingerprint density at radius 2 is 1.89 bits per heavy atom. The van der Waals surface area contributed by atoms with Gasteiger partial charge in [0.1, 0.15) is 11.5 Å². The molecule has 1 heterocycles. The van der Waals surface area contributed by atoms with Gasteiger partial charge in [0.2, 0.25) is 6.79 Å². The number of benzene rings is 2. The summed E-state index contributed by atoms with van der Waals surface area (Å²) in [5, 5.41) is 0.633. The van der Waals surface area contributed by atoms with Gasteiger partial charge in [-0.15, -0.1) is 11.6 Å². The predicted octanol–water partition coefficient (Wildman–Crippen LogP) is 4.60. The molecule has 0 aromatic heterocycles. The number of halogens is 2. The normalized spacial score (nSPS) is 12.5. The summed E-state index contributed by atoms with van der Waals surface area (Å²) >= 11 is 11.8. The molecule has 0 atom stereocenters. The van der Waals surface area contributed by atoms with Crippen LogP contribution in [0.15, 0.2) is 36.4 Å². The fourth-order valence-electron chi connectivity index (χ4n) is 1.82. The molecule has 1 aliphatic heterocycles. The van der Waals surface area contributed by atoms with Gasteiger partial charge in [-0.05, 0) is 30.3 Å². The van der Waals surface area contributed by atoms with Crippen LogP contribution in [0.3, 0.4) is 0 Å². The minimum atomic E-state index is 0.243. The first-order chi connectivity index (χ1) is 9.26. The number of rotatable bonds is 3. The molecule has 0 saturated heterocycles. The van der Waals surface area contributed by atoms with Crippen molar-refractivity contribution < 1.29 is 14.2 Å². The van der Waals surface area contributed by atoms with Gasteiger partial charge in [-0.1, -0.05) is 11.6 Å². The van der Waals surface area contributed by atoms with Crippen LogP contribution in [-0.2, 0) is 5.88 Å². The number of alkyl halides is 1. The Balaban J connectivity index is 1.89. The lowest BCUT2D eigenvalue weighted by Crippen LogP contribution is -1.93. The van der Waals surface area contributed by atoms with Gasteiger partial charge in [0.05, 0.1) is 5.88 Å². The average Bonchev–Trinajstić information content (AvgIpc) is 2.88. The lowest BCUT2D eigenvalue weighted by atomic mass is 10.2. The summed E-state index contributed by atoms with van der Waals surface area (Å²) in [6, 6.07) is 10.8. The highest BCUT2D eigenvalue weighted by Crippen LogP contribution is 2.37. The highest BCUT2D eigenvalue weighted by Gasteiger charge is 2.14. The van der Waals surface area contributed by atoms with Crippen molar-refractivity contribution in [1.29, 1.82) is 0 Å². The Kier molecular flexibility index (Phi) is 3.40. The van der Waals surface area contributed by atoms with E-state index in [0.717, 1.165) is 11.3 Å². The van der Waals surface area contributed by atoms with E-state index in [-0.39, 0.29) is 6.79 Å². The molecule has 0 spiro atoms. The van der Waals surface area contributed by atoms with Crippen molar-refractivity contribution in [1.82, 2.24) is 0 Å². The molecule has 0 bridgehead atoms. The zero-order valence-electron chi connectivity index (χ0n) is 9.86. The van der Waals surface area contributed by atoms with E-state index in [2.05, 4.69) is 0 Å². The third-order valence-electron chi connectivity index (χ3n) is 2.74. The van der Waals surface area contributed by atoms with Gasteiger partial charge in [0.15, 0.2) is 11.5 Å². The van der Waals surface area contributed by atoms with E-state index in [1.54, 1.807) is 24.3 Å². The quantitative estimate of drug-likeness (QED) is 0.775. The average molecular weight is 297 g/mol. The van der Waals surface area contributed by atoms with Crippen LogP contribution < -0.4 is 14.2 Å². The third kappa shape index (κ3) is 2.57. The zero-order chi connectivity index (χ0) is 13.2. The van der Waals surface area contributed by atoms with Gasteiger partial charge >= 0.3 is 0 Å². The van der Waals surface area contributed by atoms with Crippen LogP contribution in [0, 0.1) is 0 Å². The van der Waals surface area contributed by atoms with Gasteiger partial charge in [0, 0.05) is 16.7 Å². The summed E-state index contributed by atoms with van der Waals surface area (Å²) in [5.41, 5.74) is 0.840. The molecule has 0 amide bonds. The summed E-state index contributed by atoms with van der Waals surface area (Å²) in [4.78, 5) is 0. The Hall–Kier alpha value is -1.58. The van der Waals surface area contributed by atoms with E-state index in [0.29, 0.717) is 28.2 Å². The van der Waals surface area contributed by atoms with Crippen molar-refractivity contribution in [3.8, 4) is 23.0 Å². The van der Waals surface area contributed by atoms with Crippen LogP contribution in [0.5, 0.6) is 23.0 Å². The van der Waals surface area contributed by atoms with Crippen LogP contribution in [0.25, 0.3) is 0 Å². The molecule has 0 saturated carbocycles. The topological polar surface area (TPSA) is 27.7 Å². The van der Waals surface area contributed by atoms with Crippen molar-refractivity contribution in [2.24, 2.45) is 0 Å². The number of ether oxygens (including phenoxy) is 3. The van der Waals surface area contributed by atoms with Crippen LogP contribution in [0.2, 0.25) is 5.02 Å². The van der Waals surface area contributed by atoms with E-state index < -0.39 is 0 Å². The van der Waals surface area contributed by atoms with Gasteiger partial charge in [-0.2, -0.15) is 0 Å². The number of hydrogen-bond acceptors (Lipinski definition) is 3. The maximum atomic E-state index is 5.92. The minimum Gasteiger partial charge on any atom is -0.457 e. The van der Waals surface area contributed by atoms with Crippen LogP contribution in [0.1, 0.15) is 5.56 Å². The molecule has 19 heavy (non-hydrogen) atoms. The molecule has 5 heteroatoms. The van der Waals surface area contributed by atoms with Gasteiger partial charge in [-0.25, -0.2) is 0 Å². The van der Waals surface area contributed by atoms with Gasteiger partial charge in [-0.3, -0.25) is 0 Å². The smallest absolute Gasteiger partial charge is 0.231 e. The predicted molar refractivity (Wildman–Crippen MR) is 73.6 cm³/mol. The zero-order valence-corrected chi connectivity index (χ0v) is 11.4. The third-order valence-corrected chi connectivity index (χ3v) is 3.26. The van der Waals surface area contributed by atoms with Gasteiger partial charge in [0.25, 0.3) is 0 Å². The first kappa shape index (κ1) is 12.5. The summed E-state index contributed by atoms with van der Waals surface area (Å²) < 4.78 is 16.4. The first-order valence-electron chi connectivity index (χ1n) is 5.68. The monoisotopic (exact) mass is 296 g/mol.